The van der Waals surface area contributed by atoms with Gasteiger partial charge in [-0.1, -0.05) is 26.7 Å². The largest absolute Gasteiger partial charge is 0.357 e. The highest BCUT2D eigenvalue weighted by Crippen LogP contribution is 2.28. The van der Waals surface area contributed by atoms with Crippen LogP contribution in [0.3, 0.4) is 0 Å². The number of nitrogens with zero attached hydrogens (tertiary/aromatic N) is 5. The normalized spacial score (nSPS) is 20.1. The molecule has 6 nitrogen and oxygen atoms in total. The molecule has 2 aliphatic heterocycles. The van der Waals surface area contributed by atoms with Crippen LogP contribution in [0.25, 0.3) is 0 Å². The molecule has 0 aliphatic carbocycles. The topological polar surface area (TPSA) is 58.3 Å². The number of aromatic nitrogens is 3. The van der Waals surface area contributed by atoms with E-state index in [4.69, 9.17) is 4.99 Å². The molecule has 1 atom stereocenters. The summed E-state index contributed by atoms with van der Waals surface area (Å²) < 4.78 is 2.24. The maximum Gasteiger partial charge on any atom is 0.194 e. The molecule has 1 aromatic rings. The molecule has 0 bridgehead atoms. The van der Waals surface area contributed by atoms with Gasteiger partial charge in [0.25, 0.3) is 0 Å². The quantitative estimate of drug-likeness (QED) is 0.403. The van der Waals surface area contributed by atoms with Crippen LogP contribution in [0.5, 0.6) is 0 Å². The van der Waals surface area contributed by atoms with Crippen molar-refractivity contribution in [2.45, 2.75) is 66.0 Å². The van der Waals surface area contributed by atoms with Crippen LogP contribution in [0.1, 0.15) is 58.1 Å². The average molecular weight is 460 g/mol. The van der Waals surface area contributed by atoms with Gasteiger partial charge in [-0.2, -0.15) is 0 Å². The lowest BCUT2D eigenvalue weighted by Gasteiger charge is -2.24. The molecule has 3 heterocycles. The minimum Gasteiger partial charge on any atom is -0.357 e. The Hall–Kier alpha value is -0.860. The lowest BCUT2D eigenvalue weighted by Crippen LogP contribution is -2.40. The summed E-state index contributed by atoms with van der Waals surface area (Å²) in [6.45, 7) is 11.6. The fourth-order valence-electron chi connectivity index (χ4n) is 4.22. The SMILES string of the molecule is CCNC(=NCc1nnc2n1CCC2)N1CCC(C(CC)CC)C1.I. The summed E-state index contributed by atoms with van der Waals surface area (Å²) in [5.74, 6) is 4.83. The van der Waals surface area contributed by atoms with Crippen molar-refractivity contribution in [2.75, 3.05) is 19.6 Å². The Morgan fingerprint density at radius 1 is 1.24 bits per heavy atom. The molecule has 0 radical (unpaired) electrons. The summed E-state index contributed by atoms with van der Waals surface area (Å²) in [5.41, 5.74) is 0. The zero-order chi connectivity index (χ0) is 16.9. The van der Waals surface area contributed by atoms with Crippen molar-refractivity contribution < 1.29 is 0 Å². The predicted molar refractivity (Wildman–Crippen MR) is 112 cm³/mol. The maximum absolute atomic E-state index is 4.87. The fraction of sp³-hybridized carbons (Fsp3) is 0.833. The number of aryl methyl sites for hydroxylation is 1. The number of hydrogen-bond donors (Lipinski definition) is 1. The van der Waals surface area contributed by atoms with Crippen molar-refractivity contribution >= 4 is 29.9 Å². The lowest BCUT2D eigenvalue weighted by atomic mass is 9.87. The number of halogens is 1. The number of aliphatic imine (C=N–C) groups is 1. The summed E-state index contributed by atoms with van der Waals surface area (Å²) in [7, 11) is 0. The van der Waals surface area contributed by atoms with Crippen molar-refractivity contribution in [1.29, 1.82) is 0 Å². The van der Waals surface area contributed by atoms with Crippen LogP contribution < -0.4 is 5.32 Å². The number of hydrogen-bond acceptors (Lipinski definition) is 3. The number of nitrogens with one attached hydrogen (secondary N) is 1. The zero-order valence-electron chi connectivity index (χ0n) is 15.9. The first-order valence-electron chi connectivity index (χ1n) is 9.70. The van der Waals surface area contributed by atoms with Crippen LogP contribution >= 0.6 is 24.0 Å². The van der Waals surface area contributed by atoms with E-state index in [0.29, 0.717) is 6.54 Å². The highest BCUT2D eigenvalue weighted by Gasteiger charge is 2.29. The smallest absolute Gasteiger partial charge is 0.194 e. The van der Waals surface area contributed by atoms with Crippen LogP contribution in [0.2, 0.25) is 0 Å². The van der Waals surface area contributed by atoms with Gasteiger partial charge in [-0.15, -0.1) is 34.2 Å². The molecule has 1 aromatic heterocycles. The van der Waals surface area contributed by atoms with Gasteiger partial charge in [0, 0.05) is 32.6 Å². The average Bonchev–Trinajstić information content (AvgIpc) is 3.30. The summed E-state index contributed by atoms with van der Waals surface area (Å²) in [6.07, 6.45) is 6.10. The second-order valence-electron chi connectivity index (χ2n) is 7.03. The standard InChI is InChI=1S/C18H32N6.HI/c1-4-14(5-2)15-9-11-23(13-15)18(19-6-3)20-12-17-22-21-16-8-7-10-24(16)17;/h14-15H,4-13H2,1-3H3,(H,19,20);1H. The van der Waals surface area contributed by atoms with Gasteiger partial charge in [0.05, 0.1) is 0 Å². The number of guanidine groups is 1. The molecule has 1 fully saturated rings. The minimum atomic E-state index is 0. The van der Waals surface area contributed by atoms with Crippen LogP contribution in [0.4, 0.5) is 0 Å². The zero-order valence-corrected chi connectivity index (χ0v) is 18.2. The lowest BCUT2D eigenvalue weighted by molar-refractivity contribution is 0.319. The number of rotatable bonds is 6. The van der Waals surface area contributed by atoms with E-state index in [9.17, 15) is 0 Å². The van der Waals surface area contributed by atoms with Crippen molar-refractivity contribution in [3.05, 3.63) is 11.6 Å². The van der Waals surface area contributed by atoms with Gasteiger partial charge in [-0.05, 0) is 31.6 Å². The Balaban J connectivity index is 0.00000225. The molecule has 25 heavy (non-hydrogen) atoms. The monoisotopic (exact) mass is 460 g/mol. The molecule has 2 aliphatic rings. The molecule has 0 saturated carbocycles. The molecule has 142 valence electrons. The first-order chi connectivity index (χ1) is 11.8. The molecule has 1 N–H and O–H groups in total. The van der Waals surface area contributed by atoms with Gasteiger partial charge in [0.15, 0.2) is 11.8 Å². The summed E-state index contributed by atoms with van der Waals surface area (Å²) in [5, 5.41) is 12.1. The van der Waals surface area contributed by atoms with Crippen LogP contribution in [0.15, 0.2) is 4.99 Å². The van der Waals surface area contributed by atoms with E-state index in [1.807, 2.05) is 0 Å². The summed E-state index contributed by atoms with van der Waals surface area (Å²) in [6, 6.07) is 0. The third-order valence-corrected chi connectivity index (χ3v) is 5.63. The Labute approximate surface area is 168 Å². The molecular formula is C18H33IN6. The van der Waals surface area contributed by atoms with Gasteiger partial charge in [-0.3, -0.25) is 0 Å². The van der Waals surface area contributed by atoms with E-state index in [0.717, 1.165) is 62.0 Å². The van der Waals surface area contributed by atoms with E-state index >= 15 is 0 Å². The van der Waals surface area contributed by atoms with Crippen molar-refractivity contribution in [3.8, 4) is 0 Å². The fourth-order valence-corrected chi connectivity index (χ4v) is 4.22. The Morgan fingerprint density at radius 2 is 2.04 bits per heavy atom. The molecule has 0 amide bonds. The third-order valence-electron chi connectivity index (χ3n) is 5.63. The predicted octanol–water partition coefficient (Wildman–Crippen LogP) is 3.07. The van der Waals surface area contributed by atoms with E-state index < -0.39 is 0 Å². The minimum absolute atomic E-state index is 0. The van der Waals surface area contributed by atoms with Crippen LogP contribution in [-0.4, -0.2) is 45.3 Å². The number of likely N-dealkylation sites (tertiary alicyclic amines) is 1. The van der Waals surface area contributed by atoms with E-state index in [-0.39, 0.29) is 24.0 Å². The molecule has 0 spiro atoms. The summed E-state index contributed by atoms with van der Waals surface area (Å²) in [4.78, 5) is 7.31. The van der Waals surface area contributed by atoms with Gasteiger partial charge in [0.1, 0.15) is 12.4 Å². The molecular weight excluding hydrogens is 427 g/mol. The van der Waals surface area contributed by atoms with Gasteiger partial charge in [-0.25, -0.2) is 4.99 Å². The van der Waals surface area contributed by atoms with Gasteiger partial charge in [0.2, 0.25) is 0 Å². The second kappa shape index (κ2) is 9.73. The van der Waals surface area contributed by atoms with Crippen LogP contribution in [0, 0.1) is 11.8 Å². The highest BCUT2D eigenvalue weighted by molar-refractivity contribution is 14.0. The molecule has 1 saturated heterocycles. The van der Waals surface area contributed by atoms with Crippen molar-refractivity contribution in [1.82, 2.24) is 25.0 Å². The maximum atomic E-state index is 4.87. The molecule has 7 heteroatoms. The van der Waals surface area contributed by atoms with Gasteiger partial charge >= 0.3 is 0 Å². The summed E-state index contributed by atoms with van der Waals surface area (Å²) >= 11 is 0. The highest BCUT2D eigenvalue weighted by atomic mass is 127. The third kappa shape index (κ3) is 4.65. The van der Waals surface area contributed by atoms with Crippen molar-refractivity contribution in [2.24, 2.45) is 16.8 Å². The Bertz CT molecular complexity index is 566. The van der Waals surface area contributed by atoms with Crippen LogP contribution in [-0.2, 0) is 19.5 Å². The molecule has 3 rings (SSSR count). The van der Waals surface area contributed by atoms with Crippen molar-refractivity contribution in [3.63, 3.8) is 0 Å². The van der Waals surface area contributed by atoms with E-state index in [1.165, 1.54) is 25.7 Å². The molecule has 0 aromatic carbocycles. The Morgan fingerprint density at radius 3 is 2.76 bits per heavy atom. The molecule has 1 unspecified atom stereocenters. The van der Waals surface area contributed by atoms with E-state index in [1.54, 1.807) is 0 Å². The van der Waals surface area contributed by atoms with Gasteiger partial charge < -0.3 is 14.8 Å². The number of fused-ring (bicyclic) bond motifs is 1. The second-order valence-corrected chi connectivity index (χ2v) is 7.03. The van der Waals surface area contributed by atoms with E-state index in [2.05, 4.69) is 45.8 Å². The Kier molecular flexibility index (Phi) is 7.96. The first kappa shape index (κ1) is 20.5. The first-order valence-corrected chi connectivity index (χ1v) is 9.70.